The van der Waals surface area contributed by atoms with Crippen LogP contribution in [0.25, 0.3) is 10.8 Å². The largest absolute Gasteiger partial charge is 0.497 e. The topological polar surface area (TPSA) is 58.6 Å². The van der Waals surface area contributed by atoms with E-state index in [4.69, 9.17) is 9.84 Å². The van der Waals surface area contributed by atoms with Crippen LogP contribution in [0.5, 0.6) is 5.75 Å². The molecular weight excluding hydrogens is 285 g/mol. The molecule has 5 heteroatoms. The lowest BCUT2D eigenvalue weighted by Crippen LogP contribution is -2.26. The second-order valence-corrected chi connectivity index (χ2v) is 5.05. The smallest absolute Gasteiger partial charge is 0.251 e. The van der Waals surface area contributed by atoms with Crippen LogP contribution < -0.4 is 10.1 Å². The molecule has 2 rings (SSSR count). The molecule has 0 heterocycles. The number of hydrogen-bond donors (Lipinski definition) is 2. The SMILES string of the molecule is COc1ccc2cc(CCO)cc(CCNC(=O)CF)c2c1. The Kier molecular flexibility index (Phi) is 5.72. The Bertz CT molecular complexity index is 658. The number of benzene rings is 2. The molecule has 0 bridgehead atoms. The Morgan fingerprint density at radius 3 is 2.77 bits per heavy atom. The Morgan fingerprint density at radius 1 is 1.27 bits per heavy atom. The van der Waals surface area contributed by atoms with Crippen LogP contribution in [0.3, 0.4) is 0 Å². The van der Waals surface area contributed by atoms with Crippen molar-refractivity contribution in [3.05, 3.63) is 41.5 Å². The Balaban J connectivity index is 2.32. The molecular formula is C17H20FNO3. The van der Waals surface area contributed by atoms with E-state index < -0.39 is 12.6 Å². The van der Waals surface area contributed by atoms with Crippen LogP contribution >= 0.6 is 0 Å². The fourth-order valence-corrected chi connectivity index (χ4v) is 2.47. The molecule has 2 aromatic carbocycles. The lowest BCUT2D eigenvalue weighted by Gasteiger charge is -2.12. The van der Waals surface area contributed by atoms with Crippen molar-refractivity contribution >= 4 is 16.7 Å². The number of carbonyl (C=O) groups excluding carboxylic acids is 1. The van der Waals surface area contributed by atoms with Crippen LogP contribution in [0.1, 0.15) is 11.1 Å². The maximum Gasteiger partial charge on any atom is 0.251 e. The number of nitrogens with one attached hydrogen (secondary N) is 1. The zero-order chi connectivity index (χ0) is 15.9. The van der Waals surface area contributed by atoms with E-state index in [0.717, 1.165) is 27.6 Å². The van der Waals surface area contributed by atoms with Crippen LogP contribution in [0.4, 0.5) is 4.39 Å². The van der Waals surface area contributed by atoms with Gasteiger partial charge in [0.1, 0.15) is 5.75 Å². The third-order valence-corrected chi connectivity index (χ3v) is 3.55. The number of fused-ring (bicyclic) bond motifs is 1. The van der Waals surface area contributed by atoms with E-state index >= 15 is 0 Å². The number of methoxy groups -OCH3 is 1. The summed E-state index contributed by atoms with van der Waals surface area (Å²) in [5.41, 5.74) is 2.07. The molecule has 0 spiro atoms. The summed E-state index contributed by atoms with van der Waals surface area (Å²) in [5.74, 6) is 0.157. The molecule has 118 valence electrons. The van der Waals surface area contributed by atoms with Gasteiger partial charge in [0.2, 0.25) is 0 Å². The highest BCUT2D eigenvalue weighted by Crippen LogP contribution is 2.26. The van der Waals surface area contributed by atoms with Gasteiger partial charge in [-0.15, -0.1) is 0 Å². The van der Waals surface area contributed by atoms with Gasteiger partial charge in [-0.25, -0.2) is 4.39 Å². The van der Waals surface area contributed by atoms with Crippen LogP contribution in [0.15, 0.2) is 30.3 Å². The summed E-state index contributed by atoms with van der Waals surface area (Å²) in [7, 11) is 1.61. The van der Waals surface area contributed by atoms with Crippen LogP contribution in [0, 0.1) is 0 Å². The molecule has 0 unspecified atom stereocenters. The van der Waals surface area contributed by atoms with Crippen molar-refractivity contribution < 1.29 is 19.0 Å². The molecule has 1 amide bonds. The van der Waals surface area contributed by atoms with Gasteiger partial charge in [0.15, 0.2) is 6.67 Å². The van der Waals surface area contributed by atoms with Crippen LogP contribution in [-0.2, 0) is 17.6 Å². The highest BCUT2D eigenvalue weighted by Gasteiger charge is 2.07. The molecule has 0 saturated heterocycles. The van der Waals surface area contributed by atoms with Gasteiger partial charge < -0.3 is 15.2 Å². The van der Waals surface area contributed by atoms with E-state index in [0.29, 0.717) is 19.4 Å². The van der Waals surface area contributed by atoms with E-state index in [1.165, 1.54) is 0 Å². The van der Waals surface area contributed by atoms with Crippen molar-refractivity contribution in [2.75, 3.05) is 26.9 Å². The first-order valence-corrected chi connectivity index (χ1v) is 7.21. The minimum Gasteiger partial charge on any atom is -0.497 e. The number of amides is 1. The zero-order valence-corrected chi connectivity index (χ0v) is 12.6. The number of rotatable bonds is 7. The molecule has 0 saturated carbocycles. The summed E-state index contributed by atoms with van der Waals surface area (Å²) in [4.78, 5) is 11.0. The van der Waals surface area contributed by atoms with Crippen LogP contribution in [0.2, 0.25) is 0 Å². The van der Waals surface area contributed by atoms with Gasteiger partial charge in [-0.05, 0) is 46.9 Å². The van der Waals surface area contributed by atoms with Crippen molar-refractivity contribution in [2.45, 2.75) is 12.8 Å². The molecule has 0 aliphatic carbocycles. The zero-order valence-electron chi connectivity index (χ0n) is 12.6. The van der Waals surface area contributed by atoms with Crippen molar-refractivity contribution in [3.8, 4) is 5.75 Å². The molecule has 0 fully saturated rings. The van der Waals surface area contributed by atoms with Crippen LogP contribution in [-0.4, -0.2) is 37.9 Å². The van der Waals surface area contributed by atoms with Crippen molar-refractivity contribution in [2.24, 2.45) is 0 Å². The van der Waals surface area contributed by atoms with Gasteiger partial charge in [0, 0.05) is 13.2 Å². The lowest BCUT2D eigenvalue weighted by molar-refractivity contribution is -0.121. The number of hydrogen-bond acceptors (Lipinski definition) is 3. The fourth-order valence-electron chi connectivity index (χ4n) is 2.47. The Labute approximate surface area is 128 Å². The van der Waals surface area contributed by atoms with Crippen molar-refractivity contribution in [1.82, 2.24) is 5.32 Å². The van der Waals surface area contributed by atoms with Gasteiger partial charge >= 0.3 is 0 Å². The molecule has 0 aliphatic heterocycles. The maximum absolute atomic E-state index is 12.2. The monoisotopic (exact) mass is 305 g/mol. The first-order valence-electron chi connectivity index (χ1n) is 7.21. The number of ether oxygens (including phenoxy) is 1. The van der Waals surface area contributed by atoms with E-state index in [1.54, 1.807) is 7.11 Å². The first-order chi connectivity index (χ1) is 10.7. The fraction of sp³-hybridized carbons (Fsp3) is 0.353. The summed E-state index contributed by atoms with van der Waals surface area (Å²) in [5, 5.41) is 13.7. The Morgan fingerprint density at radius 2 is 2.09 bits per heavy atom. The minimum atomic E-state index is -1.00. The molecule has 0 aromatic heterocycles. The van der Waals surface area contributed by atoms with E-state index in [-0.39, 0.29) is 6.61 Å². The molecule has 2 aromatic rings. The van der Waals surface area contributed by atoms with Gasteiger partial charge in [0.05, 0.1) is 7.11 Å². The standard InChI is InChI=1S/C17H20FNO3/c1-22-15-3-2-13-8-12(5-7-20)9-14(16(13)10-15)4-6-19-17(21)11-18/h2-3,8-10,20H,4-7,11H2,1H3,(H,19,21). The molecule has 2 N–H and O–H groups in total. The van der Waals surface area contributed by atoms with Gasteiger partial charge in [0.25, 0.3) is 5.91 Å². The highest BCUT2D eigenvalue weighted by atomic mass is 19.1. The van der Waals surface area contributed by atoms with E-state index in [1.807, 2.05) is 30.3 Å². The third-order valence-electron chi connectivity index (χ3n) is 3.55. The lowest BCUT2D eigenvalue weighted by atomic mass is 9.97. The normalized spacial score (nSPS) is 10.7. The van der Waals surface area contributed by atoms with Crippen molar-refractivity contribution in [1.29, 1.82) is 0 Å². The number of aliphatic hydroxyl groups excluding tert-OH is 1. The molecule has 22 heavy (non-hydrogen) atoms. The quantitative estimate of drug-likeness (QED) is 0.823. The highest BCUT2D eigenvalue weighted by molar-refractivity contribution is 5.88. The second-order valence-electron chi connectivity index (χ2n) is 5.05. The van der Waals surface area contributed by atoms with E-state index in [2.05, 4.69) is 5.32 Å². The molecule has 4 nitrogen and oxygen atoms in total. The Hall–Kier alpha value is -2.14. The predicted octanol–water partition coefficient (Wildman–Crippen LogP) is 2.01. The van der Waals surface area contributed by atoms with Crippen molar-refractivity contribution in [3.63, 3.8) is 0 Å². The number of alkyl halides is 1. The summed E-state index contributed by atoms with van der Waals surface area (Å²) >= 11 is 0. The van der Waals surface area contributed by atoms with E-state index in [9.17, 15) is 9.18 Å². The van der Waals surface area contributed by atoms with Gasteiger partial charge in [-0.1, -0.05) is 18.2 Å². The number of carbonyl (C=O) groups is 1. The average molecular weight is 305 g/mol. The van der Waals surface area contributed by atoms with Gasteiger partial charge in [-0.2, -0.15) is 0 Å². The third kappa shape index (κ3) is 3.95. The minimum absolute atomic E-state index is 0.0830. The summed E-state index contributed by atoms with van der Waals surface area (Å²) in [6.45, 7) is -0.545. The van der Waals surface area contributed by atoms with Gasteiger partial charge in [-0.3, -0.25) is 4.79 Å². The first kappa shape index (κ1) is 16.2. The molecule has 0 atom stereocenters. The summed E-state index contributed by atoms with van der Waals surface area (Å²) in [6, 6.07) is 9.86. The predicted molar refractivity (Wildman–Crippen MR) is 84.0 cm³/mol. The second kappa shape index (κ2) is 7.75. The molecule has 0 aliphatic rings. The summed E-state index contributed by atoms with van der Waals surface area (Å²) < 4.78 is 17.4. The number of aliphatic hydroxyl groups is 1. The molecule has 0 radical (unpaired) electrons. The summed E-state index contributed by atoms with van der Waals surface area (Å²) in [6.07, 6.45) is 1.17. The average Bonchev–Trinajstić information content (AvgIpc) is 2.54. The number of halogens is 1. The maximum atomic E-state index is 12.2.